The fourth-order valence-electron chi connectivity index (χ4n) is 2.48. The van der Waals surface area contributed by atoms with Crippen LogP contribution in [0.1, 0.15) is 23.8 Å². The molecule has 5 nitrogen and oxygen atoms in total. The van der Waals surface area contributed by atoms with Crippen LogP contribution in [0, 0.1) is 0 Å². The minimum Gasteiger partial charge on any atom is -0.321 e. The van der Waals surface area contributed by atoms with Gasteiger partial charge in [-0.25, -0.2) is 4.68 Å². The van der Waals surface area contributed by atoms with E-state index in [9.17, 15) is 9.59 Å². The lowest BCUT2D eigenvalue weighted by Gasteiger charge is -2.10. The Kier molecular flexibility index (Phi) is 4.19. The van der Waals surface area contributed by atoms with Crippen LogP contribution in [0.4, 0.5) is 5.69 Å². The van der Waals surface area contributed by atoms with Crippen LogP contribution in [-0.2, 0) is 6.54 Å². The summed E-state index contributed by atoms with van der Waals surface area (Å²) >= 11 is 0. The van der Waals surface area contributed by atoms with Gasteiger partial charge in [0.05, 0.1) is 5.39 Å². The summed E-state index contributed by atoms with van der Waals surface area (Å²) < 4.78 is 1.36. The van der Waals surface area contributed by atoms with Crippen LogP contribution in [0.2, 0.25) is 0 Å². The summed E-state index contributed by atoms with van der Waals surface area (Å²) in [6, 6.07) is 16.3. The molecule has 0 saturated heterocycles. The molecule has 0 aliphatic carbocycles. The van der Waals surface area contributed by atoms with E-state index in [0.717, 1.165) is 6.42 Å². The lowest BCUT2D eigenvalue weighted by Crippen LogP contribution is -2.27. The first-order valence-corrected chi connectivity index (χ1v) is 7.57. The second-order valence-electron chi connectivity index (χ2n) is 5.24. The highest BCUT2D eigenvalue weighted by atomic mass is 16.2. The van der Waals surface area contributed by atoms with E-state index in [2.05, 4.69) is 10.4 Å². The molecule has 0 spiro atoms. The monoisotopic (exact) mass is 307 g/mol. The van der Waals surface area contributed by atoms with Crippen LogP contribution in [0.3, 0.4) is 0 Å². The number of carbonyl (C=O) groups is 1. The van der Waals surface area contributed by atoms with Gasteiger partial charge in [0.25, 0.3) is 11.5 Å². The topological polar surface area (TPSA) is 64.0 Å². The number of nitrogens with zero attached hydrogens (tertiary/aromatic N) is 2. The Labute approximate surface area is 133 Å². The number of rotatable bonds is 4. The minimum absolute atomic E-state index is 0.168. The van der Waals surface area contributed by atoms with Crippen LogP contribution in [0.25, 0.3) is 10.8 Å². The highest BCUT2D eigenvalue weighted by Gasteiger charge is 2.16. The molecule has 1 amide bonds. The van der Waals surface area contributed by atoms with Crippen molar-refractivity contribution in [1.82, 2.24) is 9.78 Å². The van der Waals surface area contributed by atoms with Gasteiger partial charge in [-0.1, -0.05) is 43.3 Å². The van der Waals surface area contributed by atoms with Gasteiger partial charge < -0.3 is 5.32 Å². The van der Waals surface area contributed by atoms with E-state index in [1.807, 2.05) is 37.3 Å². The average molecular weight is 307 g/mol. The van der Waals surface area contributed by atoms with Crippen molar-refractivity contribution in [2.45, 2.75) is 19.9 Å². The number of para-hydroxylation sites is 1. The Morgan fingerprint density at radius 1 is 1.04 bits per heavy atom. The first-order chi connectivity index (χ1) is 11.2. The third-order valence-electron chi connectivity index (χ3n) is 3.55. The van der Waals surface area contributed by atoms with Crippen molar-refractivity contribution in [1.29, 1.82) is 0 Å². The molecule has 0 aliphatic rings. The van der Waals surface area contributed by atoms with E-state index >= 15 is 0 Å². The van der Waals surface area contributed by atoms with Crippen molar-refractivity contribution in [2.24, 2.45) is 0 Å². The van der Waals surface area contributed by atoms with Crippen LogP contribution in [0.5, 0.6) is 0 Å². The Hall–Kier alpha value is -2.95. The number of carbonyl (C=O) groups excluding carboxylic acids is 1. The van der Waals surface area contributed by atoms with E-state index in [-0.39, 0.29) is 17.2 Å². The first kappa shape index (κ1) is 15.0. The summed E-state index contributed by atoms with van der Waals surface area (Å²) in [6.07, 6.45) is 0.769. The number of anilines is 1. The molecule has 2 aromatic carbocycles. The molecular formula is C18H17N3O2. The number of nitrogens with one attached hydrogen (secondary N) is 1. The van der Waals surface area contributed by atoms with Gasteiger partial charge in [0, 0.05) is 17.6 Å². The van der Waals surface area contributed by atoms with E-state index < -0.39 is 0 Å². The van der Waals surface area contributed by atoms with Crippen LogP contribution < -0.4 is 10.9 Å². The van der Waals surface area contributed by atoms with Crippen LogP contribution >= 0.6 is 0 Å². The zero-order chi connectivity index (χ0) is 16.2. The van der Waals surface area contributed by atoms with Crippen molar-refractivity contribution < 1.29 is 4.79 Å². The summed E-state index contributed by atoms with van der Waals surface area (Å²) in [5, 5.41) is 8.18. The maximum atomic E-state index is 12.6. The van der Waals surface area contributed by atoms with E-state index in [0.29, 0.717) is 23.0 Å². The van der Waals surface area contributed by atoms with E-state index in [1.165, 1.54) is 4.68 Å². The van der Waals surface area contributed by atoms with Gasteiger partial charge in [-0.2, -0.15) is 5.10 Å². The second-order valence-corrected chi connectivity index (χ2v) is 5.24. The molecule has 0 fully saturated rings. The lowest BCUT2D eigenvalue weighted by atomic mass is 10.1. The fourth-order valence-corrected chi connectivity index (χ4v) is 2.48. The molecule has 0 bridgehead atoms. The molecule has 0 atom stereocenters. The van der Waals surface area contributed by atoms with Gasteiger partial charge in [-0.15, -0.1) is 0 Å². The minimum atomic E-state index is -0.322. The molecule has 0 aliphatic heterocycles. The molecule has 0 unspecified atom stereocenters. The SMILES string of the molecule is CCCn1nc(C(=O)Nc2ccccc2)c2ccccc2c1=O. The summed E-state index contributed by atoms with van der Waals surface area (Å²) in [4.78, 5) is 25.0. The first-order valence-electron chi connectivity index (χ1n) is 7.57. The molecule has 0 saturated carbocycles. The number of aryl methyl sites for hydroxylation is 1. The molecule has 116 valence electrons. The van der Waals surface area contributed by atoms with Crippen LogP contribution in [0.15, 0.2) is 59.4 Å². The average Bonchev–Trinajstić information content (AvgIpc) is 2.58. The molecule has 0 radical (unpaired) electrons. The summed E-state index contributed by atoms with van der Waals surface area (Å²) in [7, 11) is 0. The zero-order valence-corrected chi connectivity index (χ0v) is 12.8. The summed E-state index contributed by atoms with van der Waals surface area (Å²) in [6.45, 7) is 2.45. The molecule has 3 aromatic rings. The predicted octanol–water partition coefficient (Wildman–Crippen LogP) is 3.06. The van der Waals surface area contributed by atoms with Crippen LogP contribution in [-0.4, -0.2) is 15.7 Å². The second kappa shape index (κ2) is 6.44. The largest absolute Gasteiger partial charge is 0.321 e. The highest BCUT2D eigenvalue weighted by Crippen LogP contribution is 2.15. The molecule has 23 heavy (non-hydrogen) atoms. The van der Waals surface area contributed by atoms with Crippen molar-refractivity contribution >= 4 is 22.4 Å². The molecule has 3 rings (SSSR count). The van der Waals surface area contributed by atoms with Gasteiger partial charge in [0.1, 0.15) is 0 Å². The number of amides is 1. The third kappa shape index (κ3) is 2.99. The summed E-state index contributed by atoms with van der Waals surface area (Å²) in [5.41, 5.74) is 0.785. The maximum Gasteiger partial charge on any atom is 0.276 e. The Bertz CT molecular complexity index is 901. The van der Waals surface area contributed by atoms with Crippen molar-refractivity contribution in [3.8, 4) is 0 Å². The molecular weight excluding hydrogens is 290 g/mol. The van der Waals surface area contributed by atoms with Crippen molar-refractivity contribution in [3.63, 3.8) is 0 Å². The number of aromatic nitrogens is 2. The van der Waals surface area contributed by atoms with Crippen molar-refractivity contribution in [2.75, 3.05) is 5.32 Å². The smallest absolute Gasteiger partial charge is 0.276 e. The summed E-state index contributed by atoms with van der Waals surface area (Å²) in [5.74, 6) is -0.322. The quantitative estimate of drug-likeness (QED) is 0.805. The maximum absolute atomic E-state index is 12.6. The Morgan fingerprint density at radius 3 is 2.39 bits per heavy atom. The standard InChI is InChI=1S/C18H17N3O2/c1-2-12-21-18(23)15-11-7-6-10-14(15)16(20-21)17(22)19-13-8-4-3-5-9-13/h3-11H,2,12H2,1H3,(H,19,22). The molecule has 1 aromatic heterocycles. The van der Waals surface area contributed by atoms with Gasteiger partial charge in [-0.05, 0) is 24.6 Å². The number of hydrogen-bond donors (Lipinski definition) is 1. The number of hydrogen-bond acceptors (Lipinski definition) is 3. The molecule has 1 heterocycles. The lowest BCUT2D eigenvalue weighted by molar-refractivity contribution is 0.102. The molecule has 1 N–H and O–H groups in total. The van der Waals surface area contributed by atoms with Gasteiger partial charge in [0.15, 0.2) is 5.69 Å². The van der Waals surface area contributed by atoms with Crippen molar-refractivity contribution in [3.05, 3.63) is 70.6 Å². The predicted molar refractivity (Wildman–Crippen MR) is 90.7 cm³/mol. The fraction of sp³-hybridized carbons (Fsp3) is 0.167. The Morgan fingerprint density at radius 2 is 1.70 bits per heavy atom. The molecule has 5 heteroatoms. The highest BCUT2D eigenvalue weighted by molar-refractivity contribution is 6.11. The normalized spacial score (nSPS) is 10.7. The number of benzene rings is 2. The van der Waals surface area contributed by atoms with Gasteiger partial charge in [-0.3, -0.25) is 9.59 Å². The van der Waals surface area contributed by atoms with Gasteiger partial charge >= 0.3 is 0 Å². The third-order valence-corrected chi connectivity index (χ3v) is 3.55. The number of fused-ring (bicyclic) bond motifs is 1. The van der Waals surface area contributed by atoms with Gasteiger partial charge in [0.2, 0.25) is 0 Å². The van der Waals surface area contributed by atoms with E-state index in [1.54, 1.807) is 24.3 Å². The Balaban J connectivity index is 2.10. The van der Waals surface area contributed by atoms with E-state index in [4.69, 9.17) is 0 Å². The zero-order valence-electron chi connectivity index (χ0n) is 12.8.